The molecular weight excluding hydrogens is 260 g/mol. The number of hydrogen-bond acceptors (Lipinski definition) is 5. The van der Waals surface area contributed by atoms with E-state index in [9.17, 15) is 19.8 Å². The summed E-state index contributed by atoms with van der Waals surface area (Å²) in [5.41, 5.74) is 0.886. The molecule has 0 aliphatic heterocycles. The first-order valence-electron chi connectivity index (χ1n) is 5.81. The van der Waals surface area contributed by atoms with Crippen LogP contribution in [0.4, 0.5) is 0 Å². The molecule has 0 bridgehead atoms. The van der Waals surface area contributed by atoms with Gasteiger partial charge in [-0.05, 0) is 23.3 Å². The van der Waals surface area contributed by atoms with Gasteiger partial charge in [-0.15, -0.1) is 0 Å². The minimum absolute atomic E-state index is 0.0369. The third-order valence-electron chi connectivity index (χ3n) is 2.66. The van der Waals surface area contributed by atoms with Crippen molar-refractivity contribution in [2.24, 2.45) is 0 Å². The maximum absolute atomic E-state index is 10.7. The van der Waals surface area contributed by atoms with Crippen LogP contribution in [0, 0.1) is 0 Å². The topological polar surface area (TPSA) is 89.5 Å². The zero-order valence-corrected chi connectivity index (χ0v) is 10.4. The summed E-state index contributed by atoms with van der Waals surface area (Å²) in [7, 11) is 0. The van der Waals surface area contributed by atoms with E-state index in [1.165, 1.54) is 24.3 Å². The Hall–Kier alpha value is -2.82. The molecule has 0 heterocycles. The second-order valence-corrected chi connectivity index (χ2v) is 4.09. The maximum Gasteiger partial charge on any atom is 0.120 e. The van der Waals surface area contributed by atoms with Gasteiger partial charge in [0.15, 0.2) is 0 Å². The highest BCUT2D eigenvalue weighted by Crippen LogP contribution is 2.15. The Kier molecular flexibility index (Phi) is 4.00. The van der Waals surface area contributed by atoms with Gasteiger partial charge in [0, 0.05) is 5.56 Å². The van der Waals surface area contributed by atoms with Crippen molar-refractivity contribution in [3.8, 4) is 5.75 Å². The van der Waals surface area contributed by atoms with Crippen LogP contribution in [0.3, 0.4) is 0 Å². The molecule has 2 aromatic rings. The Labute approximate surface area is 115 Å². The van der Waals surface area contributed by atoms with Crippen LogP contribution in [0.15, 0.2) is 48.5 Å². The Bertz CT molecular complexity index is 631. The summed E-state index contributed by atoms with van der Waals surface area (Å²) >= 11 is 0. The number of carboxylic acids is 2. The van der Waals surface area contributed by atoms with Gasteiger partial charge in [-0.25, -0.2) is 0 Å². The molecule has 0 fully saturated rings. The highest BCUT2D eigenvalue weighted by atomic mass is 16.5. The lowest BCUT2D eigenvalue weighted by molar-refractivity contribution is -0.256. The Balaban J connectivity index is 2.03. The highest BCUT2D eigenvalue weighted by molar-refractivity contribution is 5.86. The van der Waals surface area contributed by atoms with E-state index in [0.29, 0.717) is 5.75 Å². The van der Waals surface area contributed by atoms with Gasteiger partial charge in [-0.3, -0.25) is 0 Å². The largest absolute Gasteiger partial charge is 0.545 e. The molecule has 0 N–H and O–H groups in total. The smallest absolute Gasteiger partial charge is 0.120 e. The average Bonchev–Trinajstić information content (AvgIpc) is 2.46. The molecule has 0 aliphatic rings. The van der Waals surface area contributed by atoms with Crippen molar-refractivity contribution in [1.29, 1.82) is 0 Å². The molecule has 20 heavy (non-hydrogen) atoms. The molecule has 5 heteroatoms. The lowest BCUT2D eigenvalue weighted by Crippen LogP contribution is -2.22. The number of carbonyl (C=O) groups excluding carboxylic acids is 2. The van der Waals surface area contributed by atoms with Crippen molar-refractivity contribution in [3.05, 3.63) is 65.2 Å². The van der Waals surface area contributed by atoms with Crippen molar-refractivity contribution < 1.29 is 24.5 Å². The molecule has 0 atom stereocenters. The summed E-state index contributed by atoms with van der Waals surface area (Å²) in [4.78, 5) is 21.3. The SMILES string of the molecule is O=C([O-])c1ccc(COc2cccc(C(=O)[O-])c2)cc1. The van der Waals surface area contributed by atoms with Crippen LogP contribution in [0.1, 0.15) is 26.3 Å². The number of ether oxygens (including phenoxy) is 1. The number of hydrogen-bond donors (Lipinski definition) is 0. The Morgan fingerprint density at radius 2 is 1.55 bits per heavy atom. The number of carboxylic acid groups (broad SMARTS) is 2. The van der Waals surface area contributed by atoms with Crippen LogP contribution >= 0.6 is 0 Å². The zero-order valence-electron chi connectivity index (χ0n) is 10.4. The third-order valence-corrected chi connectivity index (χ3v) is 2.66. The molecule has 2 aromatic carbocycles. The minimum atomic E-state index is -1.27. The van der Waals surface area contributed by atoms with Crippen molar-refractivity contribution in [2.75, 3.05) is 0 Å². The lowest BCUT2D eigenvalue weighted by atomic mass is 10.1. The van der Waals surface area contributed by atoms with Crippen LogP contribution < -0.4 is 14.9 Å². The molecule has 5 nitrogen and oxygen atoms in total. The van der Waals surface area contributed by atoms with Gasteiger partial charge in [-0.1, -0.05) is 36.4 Å². The van der Waals surface area contributed by atoms with E-state index in [4.69, 9.17) is 4.74 Å². The van der Waals surface area contributed by atoms with Gasteiger partial charge in [0.25, 0.3) is 0 Å². The summed E-state index contributed by atoms with van der Waals surface area (Å²) in [6, 6.07) is 12.0. The number of carbonyl (C=O) groups is 2. The van der Waals surface area contributed by atoms with Crippen molar-refractivity contribution in [3.63, 3.8) is 0 Å². The van der Waals surface area contributed by atoms with Crippen LogP contribution in [-0.2, 0) is 6.61 Å². The number of benzene rings is 2. The average molecular weight is 270 g/mol. The summed E-state index contributed by atoms with van der Waals surface area (Å²) < 4.78 is 5.43. The van der Waals surface area contributed by atoms with Gasteiger partial charge in [0.2, 0.25) is 0 Å². The summed E-state index contributed by atoms with van der Waals surface area (Å²) in [5.74, 6) is -2.11. The molecule has 0 amide bonds. The van der Waals surface area contributed by atoms with E-state index in [0.717, 1.165) is 5.56 Å². The molecule has 0 saturated carbocycles. The Morgan fingerprint density at radius 3 is 2.15 bits per heavy atom. The molecule has 0 aliphatic carbocycles. The molecule has 0 aromatic heterocycles. The van der Waals surface area contributed by atoms with Crippen LogP contribution in [0.5, 0.6) is 5.75 Å². The van der Waals surface area contributed by atoms with Crippen molar-refractivity contribution in [2.45, 2.75) is 6.61 Å². The first-order chi connectivity index (χ1) is 9.56. The number of rotatable bonds is 5. The minimum Gasteiger partial charge on any atom is -0.545 e. The van der Waals surface area contributed by atoms with E-state index >= 15 is 0 Å². The molecule has 0 radical (unpaired) electrons. The molecule has 2 rings (SSSR count). The molecular formula is C15H10O5-2. The van der Waals surface area contributed by atoms with Gasteiger partial charge in [0.05, 0.1) is 11.9 Å². The van der Waals surface area contributed by atoms with Gasteiger partial charge in [0.1, 0.15) is 12.4 Å². The van der Waals surface area contributed by atoms with Gasteiger partial charge in [-0.2, -0.15) is 0 Å². The quantitative estimate of drug-likeness (QED) is 0.762. The second kappa shape index (κ2) is 5.88. The van der Waals surface area contributed by atoms with Gasteiger partial charge >= 0.3 is 0 Å². The maximum atomic E-state index is 10.7. The monoisotopic (exact) mass is 270 g/mol. The predicted octanol–water partition coefficient (Wildman–Crippen LogP) is -0.00740. The van der Waals surface area contributed by atoms with E-state index in [-0.39, 0.29) is 17.7 Å². The first-order valence-corrected chi connectivity index (χ1v) is 5.81. The van der Waals surface area contributed by atoms with Crippen LogP contribution in [0.2, 0.25) is 0 Å². The Morgan fingerprint density at radius 1 is 0.900 bits per heavy atom. The third kappa shape index (κ3) is 3.35. The predicted molar refractivity (Wildman–Crippen MR) is 65.9 cm³/mol. The summed E-state index contributed by atoms with van der Waals surface area (Å²) in [5, 5.41) is 21.3. The molecule has 0 saturated heterocycles. The number of aromatic carboxylic acids is 2. The summed E-state index contributed by atoms with van der Waals surface area (Å²) in [6.07, 6.45) is 0. The van der Waals surface area contributed by atoms with Crippen LogP contribution in [-0.4, -0.2) is 11.9 Å². The first kappa shape index (κ1) is 13.6. The van der Waals surface area contributed by atoms with Crippen molar-refractivity contribution >= 4 is 11.9 Å². The standard InChI is InChI=1S/C15H12O5/c16-14(17)11-6-4-10(5-7-11)9-20-13-3-1-2-12(8-13)15(18)19/h1-8H,9H2,(H,16,17)(H,18,19)/p-2. The molecule has 102 valence electrons. The molecule has 0 unspecified atom stereocenters. The van der Waals surface area contributed by atoms with E-state index in [1.807, 2.05) is 0 Å². The highest BCUT2D eigenvalue weighted by Gasteiger charge is 2.00. The van der Waals surface area contributed by atoms with E-state index in [2.05, 4.69) is 0 Å². The summed E-state index contributed by atoms with van der Waals surface area (Å²) in [6.45, 7) is 0.198. The molecule has 0 spiro atoms. The van der Waals surface area contributed by atoms with Crippen LogP contribution in [0.25, 0.3) is 0 Å². The van der Waals surface area contributed by atoms with E-state index < -0.39 is 11.9 Å². The van der Waals surface area contributed by atoms with E-state index in [1.54, 1.807) is 24.3 Å². The fourth-order valence-electron chi connectivity index (χ4n) is 1.62. The van der Waals surface area contributed by atoms with Crippen molar-refractivity contribution in [1.82, 2.24) is 0 Å². The fourth-order valence-corrected chi connectivity index (χ4v) is 1.62. The van der Waals surface area contributed by atoms with Gasteiger partial charge < -0.3 is 24.5 Å². The normalized spacial score (nSPS) is 10.0. The fraction of sp³-hybridized carbons (Fsp3) is 0.0667. The zero-order chi connectivity index (χ0) is 14.5. The lowest BCUT2D eigenvalue weighted by Gasteiger charge is -2.09. The second-order valence-electron chi connectivity index (χ2n) is 4.09.